The summed E-state index contributed by atoms with van der Waals surface area (Å²) in [5.74, 6) is -2.47. The molecule has 0 saturated carbocycles. The van der Waals surface area contributed by atoms with Crippen molar-refractivity contribution in [3.63, 3.8) is 0 Å². The molecule has 0 saturated heterocycles. The number of benzene rings is 2. The smallest absolute Gasteiger partial charge is 0.355 e. The first-order valence-electron chi connectivity index (χ1n) is 10.3. The highest BCUT2D eigenvalue weighted by Gasteiger charge is 2.43. The molecule has 1 heterocycles. The van der Waals surface area contributed by atoms with Gasteiger partial charge in [-0.05, 0) is 30.2 Å². The predicted octanol–water partition coefficient (Wildman–Crippen LogP) is 2.65. The molecule has 0 fully saturated rings. The number of aliphatic hydroxyl groups is 1. The van der Waals surface area contributed by atoms with Gasteiger partial charge in [-0.2, -0.15) is 5.26 Å². The first-order chi connectivity index (χ1) is 16.3. The van der Waals surface area contributed by atoms with Crippen LogP contribution in [0.25, 0.3) is 0 Å². The van der Waals surface area contributed by atoms with Gasteiger partial charge in [0.15, 0.2) is 0 Å². The summed E-state index contributed by atoms with van der Waals surface area (Å²) in [4.78, 5) is 27.4. The summed E-state index contributed by atoms with van der Waals surface area (Å²) in [6.45, 7) is 1.59. The highest BCUT2D eigenvalue weighted by Crippen LogP contribution is 2.45. The maximum Gasteiger partial charge on any atom is 0.355 e. The molecule has 9 heteroatoms. The van der Waals surface area contributed by atoms with Gasteiger partial charge >= 0.3 is 11.9 Å². The van der Waals surface area contributed by atoms with Crippen molar-refractivity contribution < 1.29 is 28.9 Å². The van der Waals surface area contributed by atoms with Crippen LogP contribution in [0, 0.1) is 11.3 Å². The van der Waals surface area contributed by atoms with Gasteiger partial charge < -0.3 is 25.1 Å². The molecule has 176 valence electrons. The van der Waals surface area contributed by atoms with E-state index in [0.29, 0.717) is 11.1 Å². The summed E-state index contributed by atoms with van der Waals surface area (Å²) >= 11 is 0. The number of nitriles is 1. The molecule has 1 aliphatic heterocycles. The number of carbonyl (C=O) groups excluding carboxylic acids is 2. The Balaban J connectivity index is 2.43. The Hall–Kier alpha value is -4.29. The number of carbonyl (C=O) groups is 2. The molecule has 1 aliphatic rings. The fourth-order valence-electron chi connectivity index (χ4n) is 3.90. The van der Waals surface area contributed by atoms with Gasteiger partial charge in [-0.1, -0.05) is 36.4 Å². The molecule has 34 heavy (non-hydrogen) atoms. The number of hydrogen-bond donors (Lipinski definition) is 2. The third-order valence-corrected chi connectivity index (χ3v) is 5.54. The molecule has 0 radical (unpaired) electrons. The summed E-state index contributed by atoms with van der Waals surface area (Å²) in [6.07, 6.45) is -0.782. The Morgan fingerprint density at radius 3 is 2.26 bits per heavy atom. The average molecular weight is 463 g/mol. The second-order valence-electron chi connectivity index (χ2n) is 7.44. The molecule has 0 bridgehead atoms. The van der Waals surface area contributed by atoms with E-state index in [1.807, 2.05) is 0 Å². The number of ether oxygens (including phenoxy) is 3. The average Bonchev–Trinajstić information content (AvgIpc) is 2.87. The quantitative estimate of drug-likeness (QED) is 0.620. The van der Waals surface area contributed by atoms with E-state index in [1.54, 1.807) is 55.5 Å². The summed E-state index contributed by atoms with van der Waals surface area (Å²) in [5.41, 5.74) is 7.61. The van der Waals surface area contributed by atoms with Gasteiger partial charge in [0, 0.05) is 0 Å². The molecule has 9 nitrogen and oxygen atoms in total. The lowest BCUT2D eigenvalue weighted by Crippen LogP contribution is -2.41. The van der Waals surface area contributed by atoms with Crippen molar-refractivity contribution in [2.45, 2.75) is 18.9 Å². The van der Waals surface area contributed by atoms with Crippen molar-refractivity contribution in [2.75, 3.05) is 26.2 Å². The number of allylic oxidation sites excluding steroid dienone is 1. The third kappa shape index (κ3) is 4.19. The van der Waals surface area contributed by atoms with Crippen LogP contribution >= 0.6 is 0 Å². The van der Waals surface area contributed by atoms with Crippen LogP contribution in [0.4, 0.5) is 5.69 Å². The Bertz CT molecular complexity index is 1210. The van der Waals surface area contributed by atoms with E-state index in [1.165, 1.54) is 26.2 Å². The topological polar surface area (TPSA) is 135 Å². The molecule has 2 unspecified atom stereocenters. The molecule has 3 N–H and O–H groups in total. The van der Waals surface area contributed by atoms with Crippen molar-refractivity contribution in [1.29, 1.82) is 5.26 Å². The molecule has 0 aromatic heterocycles. The summed E-state index contributed by atoms with van der Waals surface area (Å²) in [5, 5.41) is 20.1. The van der Waals surface area contributed by atoms with Crippen LogP contribution in [0.2, 0.25) is 0 Å². The standard InChI is InChI=1S/C25H25N3O6/c1-14(29)16-10-11-18(19(12-16)32-2)28-22(25(31)34-4)21(24(30)33-3)20(17(13-26)23(28)27)15-8-6-5-7-9-15/h5-12,14,20,29H,27H2,1-4H3. The van der Waals surface area contributed by atoms with Gasteiger partial charge in [-0.25, -0.2) is 9.59 Å². The molecule has 3 rings (SSSR count). The van der Waals surface area contributed by atoms with Gasteiger partial charge in [0.05, 0.1) is 56.3 Å². The highest BCUT2D eigenvalue weighted by molar-refractivity contribution is 6.06. The number of anilines is 1. The lowest BCUT2D eigenvalue weighted by Gasteiger charge is -2.36. The molecule has 2 aromatic carbocycles. The van der Waals surface area contributed by atoms with Crippen LogP contribution in [0.15, 0.2) is 71.2 Å². The van der Waals surface area contributed by atoms with Crippen LogP contribution in [0.5, 0.6) is 5.75 Å². The Labute approximate surface area is 197 Å². The third-order valence-electron chi connectivity index (χ3n) is 5.54. The number of nitrogens with zero attached hydrogens (tertiary/aromatic N) is 2. The summed E-state index contributed by atoms with van der Waals surface area (Å²) in [7, 11) is 3.77. The van der Waals surface area contributed by atoms with E-state index >= 15 is 0 Å². The number of aliphatic hydroxyl groups excluding tert-OH is 1. The van der Waals surface area contributed by atoms with Gasteiger partial charge in [0.25, 0.3) is 0 Å². The maximum absolute atomic E-state index is 13.1. The number of hydrogen-bond acceptors (Lipinski definition) is 9. The summed E-state index contributed by atoms with van der Waals surface area (Å²) in [6, 6.07) is 15.6. The van der Waals surface area contributed by atoms with E-state index < -0.39 is 24.0 Å². The molecular weight excluding hydrogens is 438 g/mol. The fourth-order valence-corrected chi connectivity index (χ4v) is 3.90. The van der Waals surface area contributed by atoms with Crippen LogP contribution in [-0.4, -0.2) is 38.4 Å². The molecule has 2 atom stereocenters. The highest BCUT2D eigenvalue weighted by atomic mass is 16.5. The number of esters is 2. The number of rotatable bonds is 6. The predicted molar refractivity (Wildman–Crippen MR) is 123 cm³/mol. The van der Waals surface area contributed by atoms with Gasteiger partial charge in [-0.3, -0.25) is 4.90 Å². The van der Waals surface area contributed by atoms with E-state index in [9.17, 15) is 20.0 Å². The largest absolute Gasteiger partial charge is 0.495 e. The Morgan fingerprint density at radius 1 is 1.09 bits per heavy atom. The zero-order chi connectivity index (χ0) is 25.0. The van der Waals surface area contributed by atoms with Crippen LogP contribution in [0.3, 0.4) is 0 Å². The first-order valence-corrected chi connectivity index (χ1v) is 10.3. The maximum atomic E-state index is 13.1. The fraction of sp³-hybridized carbons (Fsp3) is 0.240. The van der Waals surface area contributed by atoms with Crippen LogP contribution < -0.4 is 15.4 Å². The van der Waals surface area contributed by atoms with Gasteiger partial charge in [-0.15, -0.1) is 0 Å². The lowest BCUT2D eigenvalue weighted by atomic mass is 9.81. The monoisotopic (exact) mass is 463 g/mol. The zero-order valence-corrected chi connectivity index (χ0v) is 19.2. The van der Waals surface area contributed by atoms with Crippen molar-refractivity contribution >= 4 is 17.6 Å². The minimum atomic E-state index is -0.966. The minimum absolute atomic E-state index is 0.0425. The second kappa shape index (κ2) is 10.1. The number of nitrogens with two attached hydrogens (primary N) is 1. The molecule has 0 amide bonds. The minimum Gasteiger partial charge on any atom is -0.495 e. The first kappa shape index (κ1) is 24.4. The Morgan fingerprint density at radius 2 is 1.74 bits per heavy atom. The van der Waals surface area contributed by atoms with Crippen molar-refractivity contribution in [2.24, 2.45) is 5.73 Å². The molecular formula is C25H25N3O6. The molecule has 0 aliphatic carbocycles. The van der Waals surface area contributed by atoms with Crippen molar-refractivity contribution in [1.82, 2.24) is 0 Å². The SMILES string of the molecule is COC(=O)C1=C(C(=O)OC)N(c2ccc(C(C)O)cc2OC)C(N)=C(C#N)C1c1ccccc1. The van der Waals surface area contributed by atoms with Crippen molar-refractivity contribution in [3.05, 3.63) is 82.3 Å². The Kier molecular flexibility index (Phi) is 7.24. The van der Waals surface area contributed by atoms with E-state index in [0.717, 1.165) is 0 Å². The molecule has 2 aromatic rings. The van der Waals surface area contributed by atoms with E-state index in [4.69, 9.17) is 19.9 Å². The number of methoxy groups -OCH3 is 3. The van der Waals surface area contributed by atoms with Crippen LogP contribution in [-0.2, 0) is 19.1 Å². The summed E-state index contributed by atoms with van der Waals surface area (Å²) < 4.78 is 15.5. The zero-order valence-electron chi connectivity index (χ0n) is 19.2. The molecule has 0 spiro atoms. The van der Waals surface area contributed by atoms with E-state index in [2.05, 4.69) is 6.07 Å². The second-order valence-corrected chi connectivity index (χ2v) is 7.44. The van der Waals surface area contributed by atoms with Crippen molar-refractivity contribution in [3.8, 4) is 11.8 Å². The van der Waals surface area contributed by atoms with Gasteiger partial charge in [0.2, 0.25) is 0 Å². The van der Waals surface area contributed by atoms with E-state index in [-0.39, 0.29) is 34.1 Å². The van der Waals surface area contributed by atoms with Crippen LogP contribution in [0.1, 0.15) is 30.1 Å². The normalized spacial score (nSPS) is 16.6. The van der Waals surface area contributed by atoms with Gasteiger partial charge in [0.1, 0.15) is 17.3 Å². The lowest BCUT2D eigenvalue weighted by molar-refractivity contribution is -0.139.